The lowest BCUT2D eigenvalue weighted by molar-refractivity contribution is -0.122. The summed E-state index contributed by atoms with van der Waals surface area (Å²) < 4.78 is 2.92. The van der Waals surface area contributed by atoms with Gasteiger partial charge in [-0.1, -0.05) is 76.1 Å². The molecule has 0 atom stereocenters. The SMILES string of the molecule is O=C(CN1C(=O)S/C(=C/c2cn(Cc3ccccc3Cl)c3ccccc23)C1=O)c1ccc(Br)cc1. The van der Waals surface area contributed by atoms with Crippen molar-refractivity contribution < 1.29 is 14.4 Å². The number of carbonyl (C=O) groups excluding carboxylic acids is 3. The highest BCUT2D eigenvalue weighted by molar-refractivity contribution is 9.10. The number of imide groups is 1. The maximum absolute atomic E-state index is 13.1. The van der Waals surface area contributed by atoms with Crippen LogP contribution in [-0.2, 0) is 11.3 Å². The molecule has 0 bridgehead atoms. The third kappa shape index (κ3) is 4.85. The zero-order valence-electron chi connectivity index (χ0n) is 18.3. The molecule has 0 radical (unpaired) electrons. The summed E-state index contributed by atoms with van der Waals surface area (Å²) >= 11 is 10.5. The minimum absolute atomic E-state index is 0.291. The molecule has 1 aromatic heterocycles. The number of halogens is 2. The molecule has 5 nitrogen and oxygen atoms in total. The number of carbonyl (C=O) groups is 3. The molecule has 0 N–H and O–H groups in total. The van der Waals surface area contributed by atoms with Gasteiger partial charge >= 0.3 is 0 Å². The number of hydrogen-bond donors (Lipinski definition) is 0. The van der Waals surface area contributed by atoms with Gasteiger partial charge in [-0.05, 0) is 47.7 Å². The molecule has 5 rings (SSSR count). The van der Waals surface area contributed by atoms with E-state index in [2.05, 4.69) is 20.5 Å². The van der Waals surface area contributed by atoms with Gasteiger partial charge in [0.2, 0.25) is 0 Å². The molecule has 1 aliphatic rings. The molecule has 1 aliphatic heterocycles. The average Bonchev–Trinajstić information content (AvgIpc) is 3.33. The lowest BCUT2D eigenvalue weighted by Crippen LogP contribution is -2.33. The summed E-state index contributed by atoms with van der Waals surface area (Å²) in [5, 5.41) is 1.19. The van der Waals surface area contributed by atoms with Gasteiger partial charge in [0.05, 0.1) is 11.4 Å². The first kappa shape index (κ1) is 23.6. The second-order valence-corrected chi connectivity index (χ2v) is 10.3. The van der Waals surface area contributed by atoms with Crippen LogP contribution in [0.25, 0.3) is 17.0 Å². The molecule has 4 aromatic rings. The van der Waals surface area contributed by atoms with Gasteiger partial charge in [0.1, 0.15) is 0 Å². The van der Waals surface area contributed by atoms with Crippen LogP contribution in [0.5, 0.6) is 0 Å². The Morgan fingerprint density at radius 1 is 0.971 bits per heavy atom. The molecule has 0 saturated carbocycles. The van der Waals surface area contributed by atoms with E-state index in [1.165, 1.54) is 0 Å². The topological polar surface area (TPSA) is 59.4 Å². The number of fused-ring (bicyclic) bond motifs is 1. The molecule has 2 heterocycles. The van der Waals surface area contributed by atoms with Crippen molar-refractivity contribution in [2.24, 2.45) is 0 Å². The highest BCUT2D eigenvalue weighted by atomic mass is 79.9. The van der Waals surface area contributed by atoms with Crippen LogP contribution in [0.3, 0.4) is 0 Å². The summed E-state index contributed by atoms with van der Waals surface area (Å²) in [5.74, 6) is -0.759. The normalized spacial score (nSPS) is 14.9. The molecule has 3 aromatic carbocycles. The first-order valence-electron chi connectivity index (χ1n) is 10.8. The molecule has 1 fully saturated rings. The number of para-hydroxylation sites is 1. The summed E-state index contributed by atoms with van der Waals surface area (Å²) in [6.45, 7) is 0.273. The number of aromatic nitrogens is 1. The van der Waals surface area contributed by atoms with Gasteiger partial charge in [-0.2, -0.15) is 0 Å². The van der Waals surface area contributed by atoms with Crippen LogP contribution in [0, 0.1) is 0 Å². The number of rotatable bonds is 6. The Morgan fingerprint density at radius 3 is 2.46 bits per heavy atom. The van der Waals surface area contributed by atoms with Crippen LogP contribution in [0.1, 0.15) is 21.5 Å². The van der Waals surface area contributed by atoms with Gasteiger partial charge < -0.3 is 4.57 Å². The highest BCUT2D eigenvalue weighted by Gasteiger charge is 2.36. The fourth-order valence-electron chi connectivity index (χ4n) is 3.98. The van der Waals surface area contributed by atoms with Crippen molar-refractivity contribution >= 4 is 73.2 Å². The summed E-state index contributed by atoms with van der Waals surface area (Å²) in [5.41, 5.74) is 3.23. The van der Waals surface area contributed by atoms with Crippen molar-refractivity contribution in [2.75, 3.05) is 6.54 Å². The number of benzene rings is 3. The van der Waals surface area contributed by atoms with Crippen molar-refractivity contribution in [1.82, 2.24) is 9.47 Å². The molecule has 0 aliphatic carbocycles. The third-order valence-corrected chi connectivity index (χ3v) is 7.55. The Morgan fingerprint density at radius 2 is 1.69 bits per heavy atom. The Balaban J connectivity index is 1.43. The Hall–Kier alpha value is -3.13. The molecule has 174 valence electrons. The molecular weight excluding hydrogens is 548 g/mol. The maximum atomic E-state index is 13.1. The second kappa shape index (κ2) is 9.85. The van der Waals surface area contributed by atoms with Crippen LogP contribution in [-0.4, -0.2) is 32.9 Å². The molecule has 2 amide bonds. The third-order valence-electron chi connectivity index (χ3n) is 5.75. The smallest absolute Gasteiger partial charge is 0.293 e. The zero-order chi connectivity index (χ0) is 24.5. The Bertz CT molecular complexity index is 1510. The number of nitrogens with zero attached hydrogens (tertiary/aromatic N) is 2. The fourth-order valence-corrected chi connectivity index (χ4v) is 5.27. The number of hydrogen-bond acceptors (Lipinski definition) is 4. The monoisotopic (exact) mass is 564 g/mol. The van der Waals surface area contributed by atoms with E-state index in [9.17, 15) is 14.4 Å². The van der Waals surface area contributed by atoms with Crippen LogP contribution in [0.4, 0.5) is 4.79 Å². The zero-order valence-corrected chi connectivity index (χ0v) is 21.4. The van der Waals surface area contributed by atoms with Crippen LogP contribution in [0.2, 0.25) is 5.02 Å². The maximum Gasteiger partial charge on any atom is 0.293 e. The van der Waals surface area contributed by atoms with E-state index in [4.69, 9.17) is 11.6 Å². The molecular formula is C27H18BrClN2O3S. The summed E-state index contributed by atoms with van der Waals surface area (Å²) in [6, 6.07) is 22.4. The molecule has 0 unspecified atom stereocenters. The highest BCUT2D eigenvalue weighted by Crippen LogP contribution is 2.34. The Kier molecular flexibility index (Phi) is 6.65. The fraction of sp³-hybridized carbons (Fsp3) is 0.0741. The van der Waals surface area contributed by atoms with Crippen molar-refractivity contribution in [3.63, 3.8) is 0 Å². The molecule has 0 spiro atoms. The standard InChI is InChI=1S/C27H18BrClN2O3S/c28-20-11-9-17(10-12-20)24(32)16-31-26(33)25(35-27(31)34)13-19-15-30(23-8-4-2-6-21(19)23)14-18-5-1-3-7-22(18)29/h1-13,15H,14,16H2/b25-13+. The lowest BCUT2D eigenvalue weighted by atomic mass is 10.1. The van der Waals surface area contributed by atoms with Crippen LogP contribution in [0.15, 0.2) is 88.4 Å². The number of ketones is 1. The quantitative estimate of drug-likeness (QED) is 0.186. The van der Waals surface area contributed by atoms with Crippen molar-refractivity contribution in [3.05, 3.63) is 110 Å². The van der Waals surface area contributed by atoms with Gasteiger partial charge in [0.15, 0.2) is 5.78 Å². The van der Waals surface area contributed by atoms with Gasteiger partial charge in [0.25, 0.3) is 11.1 Å². The van der Waals surface area contributed by atoms with Crippen LogP contribution < -0.4 is 0 Å². The van der Waals surface area contributed by atoms with Crippen molar-refractivity contribution in [3.8, 4) is 0 Å². The van der Waals surface area contributed by atoms with E-state index in [-0.39, 0.29) is 12.3 Å². The molecule has 1 saturated heterocycles. The van der Waals surface area contributed by atoms with E-state index in [0.29, 0.717) is 22.0 Å². The van der Waals surface area contributed by atoms with Gasteiger partial charge in [-0.3, -0.25) is 19.3 Å². The first-order valence-corrected chi connectivity index (χ1v) is 12.7. The average molecular weight is 566 g/mol. The van der Waals surface area contributed by atoms with Crippen molar-refractivity contribution in [2.45, 2.75) is 6.54 Å². The van der Waals surface area contributed by atoms with E-state index in [0.717, 1.165) is 43.2 Å². The lowest BCUT2D eigenvalue weighted by Gasteiger charge is -2.11. The van der Waals surface area contributed by atoms with Crippen molar-refractivity contribution in [1.29, 1.82) is 0 Å². The summed E-state index contributed by atoms with van der Waals surface area (Å²) in [4.78, 5) is 39.6. The Labute approximate surface area is 219 Å². The number of thioether (sulfide) groups is 1. The number of amides is 2. The van der Waals surface area contributed by atoms with Gasteiger partial charge in [-0.15, -0.1) is 0 Å². The molecule has 35 heavy (non-hydrogen) atoms. The minimum Gasteiger partial charge on any atom is -0.342 e. The largest absolute Gasteiger partial charge is 0.342 e. The van der Waals surface area contributed by atoms with E-state index >= 15 is 0 Å². The predicted molar refractivity (Wildman–Crippen MR) is 144 cm³/mol. The van der Waals surface area contributed by atoms with Crippen LogP contribution >= 0.6 is 39.3 Å². The van der Waals surface area contributed by atoms with E-state index < -0.39 is 11.1 Å². The number of Topliss-reactive ketones (excluding diaryl/α,β-unsaturated/α-hetero) is 1. The van der Waals surface area contributed by atoms with E-state index in [1.807, 2.05) is 54.7 Å². The predicted octanol–water partition coefficient (Wildman–Crippen LogP) is 7.02. The molecule has 8 heteroatoms. The van der Waals surface area contributed by atoms with Gasteiger partial charge in [0, 0.05) is 44.3 Å². The first-order chi connectivity index (χ1) is 16.9. The minimum atomic E-state index is -0.464. The van der Waals surface area contributed by atoms with E-state index in [1.54, 1.807) is 30.3 Å². The second-order valence-electron chi connectivity index (χ2n) is 8.02. The van der Waals surface area contributed by atoms with Gasteiger partial charge in [-0.25, -0.2) is 0 Å². The summed E-state index contributed by atoms with van der Waals surface area (Å²) in [6.07, 6.45) is 3.68. The summed E-state index contributed by atoms with van der Waals surface area (Å²) in [7, 11) is 0.